The van der Waals surface area contributed by atoms with Crippen LogP contribution in [-0.2, 0) is 14.2 Å². The summed E-state index contributed by atoms with van der Waals surface area (Å²) in [5, 5.41) is 11.6. The van der Waals surface area contributed by atoms with Crippen molar-refractivity contribution in [3.8, 4) is 0 Å². The molecule has 106 valence electrons. The van der Waals surface area contributed by atoms with Gasteiger partial charge in [-0.3, -0.25) is 4.90 Å². The molecule has 1 unspecified atom stereocenters. The Kier molecular flexibility index (Phi) is 7.66. The molecule has 0 aromatic heterocycles. The molecule has 1 rings (SSSR count). The minimum absolute atomic E-state index is 0.135. The molecular formula is C11H23N3O4. The van der Waals surface area contributed by atoms with E-state index in [0.29, 0.717) is 26.4 Å². The molecule has 3 N–H and O–H groups in total. The topological polar surface area (TPSA) is 89.5 Å². The fourth-order valence-corrected chi connectivity index (χ4v) is 1.78. The van der Waals surface area contributed by atoms with Crippen LogP contribution in [0.15, 0.2) is 5.16 Å². The van der Waals surface area contributed by atoms with Crippen LogP contribution >= 0.6 is 0 Å². The fourth-order valence-electron chi connectivity index (χ4n) is 1.78. The number of amidine groups is 1. The van der Waals surface area contributed by atoms with Crippen LogP contribution in [0, 0.1) is 0 Å². The summed E-state index contributed by atoms with van der Waals surface area (Å²) in [7, 11) is 1.66. The van der Waals surface area contributed by atoms with Gasteiger partial charge in [-0.15, -0.1) is 0 Å². The van der Waals surface area contributed by atoms with Crippen molar-refractivity contribution in [1.29, 1.82) is 0 Å². The summed E-state index contributed by atoms with van der Waals surface area (Å²) in [5.74, 6) is 0.135. The van der Waals surface area contributed by atoms with Crippen molar-refractivity contribution < 1.29 is 19.4 Å². The van der Waals surface area contributed by atoms with Gasteiger partial charge in [0.15, 0.2) is 5.84 Å². The minimum atomic E-state index is -0.307. The number of methoxy groups -OCH3 is 1. The Balaban J connectivity index is 2.11. The molecule has 1 atom stereocenters. The summed E-state index contributed by atoms with van der Waals surface area (Å²) >= 11 is 0. The Labute approximate surface area is 107 Å². The Morgan fingerprint density at radius 3 is 3.06 bits per heavy atom. The zero-order valence-corrected chi connectivity index (χ0v) is 10.9. The van der Waals surface area contributed by atoms with E-state index < -0.39 is 0 Å². The lowest BCUT2D eigenvalue weighted by Crippen LogP contribution is -2.48. The highest BCUT2D eigenvalue weighted by atomic mass is 16.5. The number of hydrogen-bond acceptors (Lipinski definition) is 6. The van der Waals surface area contributed by atoms with Crippen molar-refractivity contribution in [1.82, 2.24) is 4.90 Å². The zero-order chi connectivity index (χ0) is 13.2. The summed E-state index contributed by atoms with van der Waals surface area (Å²) in [6.07, 6.45) is 0.644. The maximum absolute atomic E-state index is 8.60. The van der Waals surface area contributed by atoms with Crippen LogP contribution in [0.2, 0.25) is 0 Å². The van der Waals surface area contributed by atoms with Gasteiger partial charge in [0, 0.05) is 33.4 Å². The summed E-state index contributed by atoms with van der Waals surface area (Å²) in [6, 6.07) is 0. The predicted octanol–water partition coefficient (Wildman–Crippen LogP) is -0.513. The van der Waals surface area contributed by atoms with E-state index in [4.69, 9.17) is 25.2 Å². The van der Waals surface area contributed by atoms with Crippen LogP contribution in [-0.4, -0.2) is 75.2 Å². The van der Waals surface area contributed by atoms with Crippen LogP contribution in [0.3, 0.4) is 0 Å². The van der Waals surface area contributed by atoms with E-state index in [2.05, 4.69) is 10.1 Å². The average Bonchev–Trinajstić information content (AvgIpc) is 2.42. The first-order valence-corrected chi connectivity index (χ1v) is 6.16. The van der Waals surface area contributed by atoms with Crippen molar-refractivity contribution in [2.75, 3.05) is 53.2 Å². The SMILES string of the molecule is COCCOCCCN1CCOC(C(N)=NO)C1. The Morgan fingerprint density at radius 1 is 1.50 bits per heavy atom. The van der Waals surface area contributed by atoms with Gasteiger partial charge in [-0.05, 0) is 6.42 Å². The number of morpholine rings is 1. The number of rotatable bonds is 8. The third kappa shape index (κ3) is 5.63. The molecule has 0 aromatic rings. The van der Waals surface area contributed by atoms with E-state index in [-0.39, 0.29) is 11.9 Å². The van der Waals surface area contributed by atoms with E-state index in [1.54, 1.807) is 7.11 Å². The van der Waals surface area contributed by atoms with Gasteiger partial charge < -0.3 is 25.2 Å². The monoisotopic (exact) mass is 261 g/mol. The van der Waals surface area contributed by atoms with E-state index in [1.165, 1.54) is 0 Å². The Morgan fingerprint density at radius 2 is 2.33 bits per heavy atom. The number of ether oxygens (including phenoxy) is 3. The van der Waals surface area contributed by atoms with Crippen LogP contribution in [0.5, 0.6) is 0 Å². The van der Waals surface area contributed by atoms with Crippen LogP contribution < -0.4 is 5.73 Å². The van der Waals surface area contributed by atoms with Crippen molar-refractivity contribution >= 4 is 5.84 Å². The number of oxime groups is 1. The highest BCUT2D eigenvalue weighted by Gasteiger charge is 2.23. The summed E-state index contributed by atoms with van der Waals surface area (Å²) in [4.78, 5) is 2.23. The van der Waals surface area contributed by atoms with Gasteiger partial charge in [0.1, 0.15) is 6.10 Å². The number of nitrogens with zero attached hydrogens (tertiary/aromatic N) is 2. The lowest BCUT2D eigenvalue weighted by atomic mass is 10.2. The van der Waals surface area contributed by atoms with E-state index in [0.717, 1.165) is 26.1 Å². The molecule has 0 bridgehead atoms. The maximum atomic E-state index is 8.60. The zero-order valence-electron chi connectivity index (χ0n) is 10.9. The van der Waals surface area contributed by atoms with E-state index in [9.17, 15) is 0 Å². The molecule has 1 heterocycles. The van der Waals surface area contributed by atoms with E-state index in [1.807, 2.05) is 0 Å². The molecule has 1 aliphatic heterocycles. The summed E-state index contributed by atoms with van der Waals surface area (Å²) in [6.45, 7) is 5.03. The van der Waals surface area contributed by atoms with Crippen LogP contribution in [0.1, 0.15) is 6.42 Å². The molecule has 7 heteroatoms. The molecule has 1 saturated heterocycles. The van der Waals surface area contributed by atoms with Gasteiger partial charge >= 0.3 is 0 Å². The molecule has 0 amide bonds. The van der Waals surface area contributed by atoms with Crippen molar-refractivity contribution in [3.05, 3.63) is 0 Å². The lowest BCUT2D eigenvalue weighted by Gasteiger charge is -2.32. The van der Waals surface area contributed by atoms with E-state index >= 15 is 0 Å². The minimum Gasteiger partial charge on any atom is -0.409 e. The first kappa shape index (κ1) is 15.2. The molecule has 1 fully saturated rings. The smallest absolute Gasteiger partial charge is 0.169 e. The highest BCUT2D eigenvalue weighted by Crippen LogP contribution is 2.06. The summed E-state index contributed by atoms with van der Waals surface area (Å²) < 4.78 is 15.7. The number of hydrogen-bond donors (Lipinski definition) is 2. The van der Waals surface area contributed by atoms with Crippen molar-refractivity contribution in [2.45, 2.75) is 12.5 Å². The number of nitrogens with two attached hydrogens (primary N) is 1. The third-order valence-corrected chi connectivity index (χ3v) is 2.79. The van der Waals surface area contributed by atoms with Gasteiger partial charge in [-0.1, -0.05) is 5.16 Å². The van der Waals surface area contributed by atoms with Gasteiger partial charge in [-0.2, -0.15) is 0 Å². The Hall–Kier alpha value is -0.890. The molecule has 1 aliphatic rings. The third-order valence-electron chi connectivity index (χ3n) is 2.79. The molecular weight excluding hydrogens is 238 g/mol. The molecule has 18 heavy (non-hydrogen) atoms. The molecule has 0 radical (unpaired) electrons. The molecule has 0 saturated carbocycles. The normalized spacial score (nSPS) is 22.3. The van der Waals surface area contributed by atoms with Crippen molar-refractivity contribution in [2.24, 2.45) is 10.9 Å². The first-order chi connectivity index (χ1) is 8.77. The largest absolute Gasteiger partial charge is 0.409 e. The van der Waals surface area contributed by atoms with Gasteiger partial charge in [-0.25, -0.2) is 0 Å². The van der Waals surface area contributed by atoms with Gasteiger partial charge in [0.2, 0.25) is 0 Å². The van der Waals surface area contributed by atoms with Crippen LogP contribution in [0.25, 0.3) is 0 Å². The average molecular weight is 261 g/mol. The standard InChI is InChI=1S/C11H23N3O4/c1-16-7-8-17-5-2-3-14-4-6-18-10(9-14)11(12)13-15/h10,15H,2-9H2,1H3,(H2,12,13). The van der Waals surface area contributed by atoms with Gasteiger partial charge in [0.25, 0.3) is 0 Å². The second-order valence-corrected chi connectivity index (χ2v) is 4.14. The predicted molar refractivity (Wildman–Crippen MR) is 66.9 cm³/mol. The molecule has 0 aliphatic carbocycles. The lowest BCUT2D eigenvalue weighted by molar-refractivity contribution is -0.000265. The fraction of sp³-hybridized carbons (Fsp3) is 0.909. The quantitative estimate of drug-likeness (QED) is 0.201. The van der Waals surface area contributed by atoms with Gasteiger partial charge in [0.05, 0.1) is 19.8 Å². The first-order valence-electron chi connectivity index (χ1n) is 6.16. The van der Waals surface area contributed by atoms with Crippen LogP contribution in [0.4, 0.5) is 0 Å². The summed E-state index contributed by atoms with van der Waals surface area (Å²) in [5.41, 5.74) is 5.53. The molecule has 7 nitrogen and oxygen atoms in total. The molecule has 0 spiro atoms. The van der Waals surface area contributed by atoms with Crippen molar-refractivity contribution in [3.63, 3.8) is 0 Å². The highest BCUT2D eigenvalue weighted by molar-refractivity contribution is 5.84. The molecule has 0 aromatic carbocycles. The maximum Gasteiger partial charge on any atom is 0.169 e. The Bertz CT molecular complexity index is 250. The second kappa shape index (κ2) is 9.09. The second-order valence-electron chi connectivity index (χ2n) is 4.14.